The lowest BCUT2D eigenvalue weighted by Crippen LogP contribution is -2.34. The second kappa shape index (κ2) is 10.1. The van der Waals surface area contributed by atoms with E-state index in [1.165, 1.54) is 11.8 Å². The number of carbonyl (C=O) groups is 2. The molecule has 2 heterocycles. The molecule has 0 spiro atoms. The summed E-state index contributed by atoms with van der Waals surface area (Å²) >= 11 is 7.58. The second-order valence-corrected chi connectivity index (χ2v) is 8.50. The van der Waals surface area contributed by atoms with Gasteiger partial charge in [-0.05, 0) is 49.1 Å². The Balaban J connectivity index is 1.54. The Morgan fingerprint density at radius 2 is 2.03 bits per heavy atom. The number of esters is 1. The third-order valence-corrected chi connectivity index (χ3v) is 6.11. The molecule has 1 amide bonds. The summed E-state index contributed by atoms with van der Waals surface area (Å²) in [6, 6.07) is 13.9. The third kappa shape index (κ3) is 5.07. The van der Waals surface area contributed by atoms with Crippen LogP contribution in [0.25, 0.3) is 0 Å². The molecule has 0 saturated heterocycles. The van der Waals surface area contributed by atoms with Crippen LogP contribution < -0.4 is 10.1 Å². The zero-order valence-electron chi connectivity index (χ0n) is 18.1. The number of benzene rings is 2. The highest BCUT2D eigenvalue weighted by Crippen LogP contribution is 2.41. The molecule has 2 aliphatic heterocycles. The molecule has 2 aromatic carbocycles. The molecule has 0 bridgehead atoms. The van der Waals surface area contributed by atoms with Crippen molar-refractivity contribution in [1.29, 1.82) is 0 Å². The fourth-order valence-corrected chi connectivity index (χ4v) is 4.54. The van der Waals surface area contributed by atoms with Crippen molar-refractivity contribution in [3.8, 4) is 5.75 Å². The van der Waals surface area contributed by atoms with Crippen LogP contribution >= 0.6 is 23.4 Å². The first-order chi connectivity index (χ1) is 16.0. The van der Waals surface area contributed by atoms with Gasteiger partial charge in [-0.3, -0.25) is 4.79 Å². The van der Waals surface area contributed by atoms with Gasteiger partial charge in [-0.25, -0.2) is 9.79 Å². The highest BCUT2D eigenvalue weighted by Gasteiger charge is 2.37. The van der Waals surface area contributed by atoms with Crippen molar-refractivity contribution >= 4 is 46.1 Å². The van der Waals surface area contributed by atoms with Gasteiger partial charge in [0, 0.05) is 6.20 Å². The smallest absolute Gasteiger partial charge is 0.338 e. The van der Waals surface area contributed by atoms with Crippen LogP contribution in [0.5, 0.6) is 5.75 Å². The van der Waals surface area contributed by atoms with E-state index in [1.807, 2.05) is 41.6 Å². The van der Waals surface area contributed by atoms with Crippen molar-refractivity contribution in [2.24, 2.45) is 4.99 Å². The van der Waals surface area contributed by atoms with Crippen molar-refractivity contribution in [1.82, 2.24) is 4.90 Å². The molecule has 4 rings (SSSR count). The maximum atomic E-state index is 12.8. The van der Waals surface area contributed by atoms with Gasteiger partial charge in [0.2, 0.25) is 0 Å². The van der Waals surface area contributed by atoms with E-state index < -0.39 is 12.0 Å². The van der Waals surface area contributed by atoms with E-state index in [0.29, 0.717) is 27.7 Å². The van der Waals surface area contributed by atoms with Gasteiger partial charge in [-0.1, -0.05) is 47.6 Å². The summed E-state index contributed by atoms with van der Waals surface area (Å²) in [4.78, 5) is 31.6. The number of nitrogens with one attached hydrogen (secondary N) is 1. The van der Waals surface area contributed by atoms with Crippen LogP contribution in [0.3, 0.4) is 0 Å². The number of hydrogen-bond donors (Lipinski definition) is 1. The Morgan fingerprint density at radius 1 is 1.21 bits per heavy atom. The van der Waals surface area contributed by atoms with Gasteiger partial charge in [0.05, 0.1) is 34.6 Å². The monoisotopic (exact) mass is 483 g/mol. The van der Waals surface area contributed by atoms with Gasteiger partial charge in [0.15, 0.2) is 11.8 Å². The average Bonchev–Trinajstić information content (AvgIpc) is 3.26. The second-order valence-electron chi connectivity index (χ2n) is 7.22. The molecule has 170 valence electrons. The number of rotatable bonds is 7. The number of fused-ring (bicyclic) bond motifs is 1. The molecule has 1 atom stereocenters. The molecule has 0 fully saturated rings. The number of hydrogen-bond acceptors (Lipinski definition) is 7. The number of anilines is 1. The standard InChI is InChI=1S/C24H22ClN3O4S/c1-3-31-23(30)21-15(2)26-24-28(11-12-33-24)22(21)16-7-6-8-17(13-16)32-14-20(29)27-19-10-5-4-9-18(19)25/h4-13,22H,3,14H2,1-2H3,(H,27,29)/t22-/m0/s1. The van der Waals surface area contributed by atoms with E-state index in [2.05, 4.69) is 10.3 Å². The predicted molar refractivity (Wildman–Crippen MR) is 130 cm³/mol. The molecule has 0 unspecified atom stereocenters. The van der Waals surface area contributed by atoms with E-state index in [1.54, 1.807) is 37.3 Å². The highest BCUT2D eigenvalue weighted by molar-refractivity contribution is 8.16. The molecule has 33 heavy (non-hydrogen) atoms. The minimum Gasteiger partial charge on any atom is -0.484 e. The maximum Gasteiger partial charge on any atom is 0.338 e. The fourth-order valence-electron chi connectivity index (χ4n) is 3.57. The van der Waals surface area contributed by atoms with Crippen LogP contribution in [0.4, 0.5) is 5.69 Å². The molecule has 1 N–H and O–H groups in total. The van der Waals surface area contributed by atoms with Crippen LogP contribution in [0.2, 0.25) is 5.02 Å². The van der Waals surface area contributed by atoms with E-state index in [0.717, 1.165) is 10.7 Å². The summed E-state index contributed by atoms with van der Waals surface area (Å²) in [6.45, 7) is 3.66. The number of aliphatic imine (C=N–C) groups is 1. The largest absolute Gasteiger partial charge is 0.484 e. The molecule has 2 aromatic rings. The molecular weight excluding hydrogens is 462 g/mol. The van der Waals surface area contributed by atoms with Crippen molar-refractivity contribution in [2.75, 3.05) is 18.5 Å². The van der Waals surface area contributed by atoms with E-state index >= 15 is 0 Å². The Kier molecular flexibility index (Phi) is 7.05. The zero-order chi connectivity index (χ0) is 23.4. The van der Waals surface area contributed by atoms with Crippen LogP contribution in [0.1, 0.15) is 25.5 Å². The van der Waals surface area contributed by atoms with Crippen LogP contribution in [0, 0.1) is 0 Å². The first kappa shape index (κ1) is 22.9. The summed E-state index contributed by atoms with van der Waals surface area (Å²) in [5.41, 5.74) is 2.43. The summed E-state index contributed by atoms with van der Waals surface area (Å²) in [5, 5.41) is 5.89. The Bertz CT molecular complexity index is 1180. The number of allylic oxidation sites excluding steroid dienone is 1. The minimum absolute atomic E-state index is 0.189. The van der Waals surface area contributed by atoms with Crippen molar-refractivity contribution in [3.63, 3.8) is 0 Å². The van der Waals surface area contributed by atoms with E-state index in [-0.39, 0.29) is 19.1 Å². The number of nitrogens with zero attached hydrogens (tertiary/aromatic N) is 2. The lowest BCUT2D eigenvalue weighted by molar-refractivity contribution is -0.139. The number of ether oxygens (including phenoxy) is 2. The average molecular weight is 484 g/mol. The Labute approximate surface area is 201 Å². The van der Waals surface area contributed by atoms with Crippen molar-refractivity contribution < 1.29 is 19.1 Å². The van der Waals surface area contributed by atoms with E-state index in [4.69, 9.17) is 21.1 Å². The van der Waals surface area contributed by atoms with Gasteiger partial charge in [0.25, 0.3) is 5.91 Å². The normalized spacial score (nSPS) is 16.9. The van der Waals surface area contributed by atoms with Gasteiger partial charge < -0.3 is 19.7 Å². The topological polar surface area (TPSA) is 80.2 Å². The highest BCUT2D eigenvalue weighted by atomic mass is 35.5. The number of para-hydroxylation sites is 1. The van der Waals surface area contributed by atoms with Crippen LogP contribution in [-0.2, 0) is 14.3 Å². The quantitative estimate of drug-likeness (QED) is 0.550. The molecule has 0 aliphatic carbocycles. The predicted octanol–water partition coefficient (Wildman–Crippen LogP) is 5.13. The van der Waals surface area contributed by atoms with Crippen LogP contribution in [0.15, 0.2) is 76.4 Å². The molecule has 2 aliphatic rings. The number of amides is 1. The Morgan fingerprint density at radius 3 is 2.82 bits per heavy atom. The van der Waals surface area contributed by atoms with Gasteiger partial charge >= 0.3 is 5.97 Å². The molecule has 0 saturated carbocycles. The minimum atomic E-state index is -0.414. The molecule has 0 aromatic heterocycles. The number of carbonyl (C=O) groups excluding carboxylic acids is 2. The fraction of sp³-hybridized carbons (Fsp3) is 0.208. The molecule has 9 heteroatoms. The Hall–Kier alpha value is -3.23. The first-order valence-corrected chi connectivity index (χ1v) is 11.6. The maximum absolute atomic E-state index is 12.8. The molecule has 7 nitrogen and oxygen atoms in total. The third-order valence-electron chi connectivity index (χ3n) is 5.01. The summed E-state index contributed by atoms with van der Waals surface area (Å²) in [5.74, 6) is -0.233. The lowest BCUT2D eigenvalue weighted by Gasteiger charge is -2.33. The van der Waals surface area contributed by atoms with Crippen LogP contribution in [-0.4, -0.2) is 35.2 Å². The molecular formula is C24H22ClN3O4S. The van der Waals surface area contributed by atoms with Gasteiger partial charge in [0.1, 0.15) is 5.75 Å². The number of thioether (sulfide) groups is 1. The summed E-state index contributed by atoms with van der Waals surface area (Å²) in [6.07, 6.45) is 1.89. The van der Waals surface area contributed by atoms with Gasteiger partial charge in [-0.2, -0.15) is 0 Å². The summed E-state index contributed by atoms with van der Waals surface area (Å²) in [7, 11) is 0. The zero-order valence-corrected chi connectivity index (χ0v) is 19.7. The van der Waals surface area contributed by atoms with E-state index in [9.17, 15) is 9.59 Å². The summed E-state index contributed by atoms with van der Waals surface area (Å²) < 4.78 is 11.0. The SMILES string of the molecule is CCOC(=O)C1=C(C)N=C2SC=CN2[C@H]1c1cccc(OCC(=O)Nc2ccccc2Cl)c1. The first-order valence-electron chi connectivity index (χ1n) is 10.3. The lowest BCUT2D eigenvalue weighted by atomic mass is 9.94. The van der Waals surface area contributed by atoms with Crippen molar-refractivity contribution in [3.05, 3.63) is 82.0 Å². The van der Waals surface area contributed by atoms with Gasteiger partial charge in [-0.15, -0.1) is 0 Å². The molecule has 0 radical (unpaired) electrons. The number of halogens is 1. The van der Waals surface area contributed by atoms with Crippen molar-refractivity contribution in [2.45, 2.75) is 19.9 Å². The number of amidine groups is 1.